The van der Waals surface area contributed by atoms with Gasteiger partial charge in [-0.15, -0.1) is 0 Å². The Morgan fingerprint density at radius 1 is 1.50 bits per heavy atom. The van der Waals surface area contributed by atoms with Crippen LogP contribution in [0, 0.1) is 5.92 Å². The minimum Gasteiger partial charge on any atom is -0.397 e. The molecule has 0 saturated heterocycles. The van der Waals surface area contributed by atoms with Gasteiger partial charge in [-0.1, -0.05) is 0 Å². The topological polar surface area (TPSA) is 58.4 Å². The first-order valence-electron chi connectivity index (χ1n) is 6.50. The van der Waals surface area contributed by atoms with E-state index in [0.717, 1.165) is 23.8 Å². The van der Waals surface area contributed by atoms with E-state index in [4.69, 9.17) is 5.73 Å². The second-order valence-electron chi connectivity index (χ2n) is 4.96. The number of rotatable bonds is 5. The second-order valence-corrected chi connectivity index (χ2v) is 4.96. The molecular formula is C14H21N3O. The predicted octanol–water partition coefficient (Wildman–Crippen LogP) is 1.86. The van der Waals surface area contributed by atoms with Crippen LogP contribution in [0.15, 0.2) is 18.2 Å². The Balaban J connectivity index is 2.16. The van der Waals surface area contributed by atoms with Gasteiger partial charge in [-0.2, -0.15) is 0 Å². The summed E-state index contributed by atoms with van der Waals surface area (Å²) in [5.74, 6) is 0.751. The molecule has 0 aromatic heterocycles. The lowest BCUT2D eigenvalue weighted by Gasteiger charge is -2.21. The molecule has 4 heteroatoms. The molecule has 1 aliphatic rings. The van der Waals surface area contributed by atoms with Crippen LogP contribution in [0.25, 0.3) is 0 Å². The average Bonchev–Trinajstić information content (AvgIpc) is 3.13. The summed E-state index contributed by atoms with van der Waals surface area (Å²) in [4.78, 5) is 13.9. The van der Waals surface area contributed by atoms with Gasteiger partial charge in [0.15, 0.2) is 0 Å². The zero-order valence-corrected chi connectivity index (χ0v) is 11.1. The smallest absolute Gasteiger partial charge is 0.251 e. The van der Waals surface area contributed by atoms with Gasteiger partial charge in [0.25, 0.3) is 5.91 Å². The second kappa shape index (κ2) is 5.29. The van der Waals surface area contributed by atoms with Gasteiger partial charge in [0, 0.05) is 25.7 Å². The van der Waals surface area contributed by atoms with Crippen molar-refractivity contribution in [1.29, 1.82) is 0 Å². The van der Waals surface area contributed by atoms with Crippen LogP contribution < -0.4 is 16.0 Å². The van der Waals surface area contributed by atoms with E-state index < -0.39 is 0 Å². The monoisotopic (exact) mass is 247 g/mol. The lowest BCUT2D eigenvalue weighted by atomic mass is 10.1. The third-order valence-corrected chi connectivity index (χ3v) is 3.27. The normalized spacial score (nSPS) is 14.3. The van der Waals surface area contributed by atoms with E-state index in [2.05, 4.69) is 10.2 Å². The number of carbonyl (C=O) groups excluding carboxylic acids is 1. The number of amides is 1. The van der Waals surface area contributed by atoms with Crippen molar-refractivity contribution in [3.8, 4) is 0 Å². The van der Waals surface area contributed by atoms with Gasteiger partial charge in [0.2, 0.25) is 0 Å². The number of anilines is 2. The van der Waals surface area contributed by atoms with Crippen LogP contribution >= 0.6 is 0 Å². The van der Waals surface area contributed by atoms with Crippen molar-refractivity contribution in [3.63, 3.8) is 0 Å². The van der Waals surface area contributed by atoms with Gasteiger partial charge in [0.1, 0.15) is 0 Å². The number of nitrogens with one attached hydrogen (secondary N) is 1. The van der Waals surface area contributed by atoms with Crippen LogP contribution in [-0.2, 0) is 0 Å². The maximum atomic E-state index is 11.8. The minimum absolute atomic E-state index is 0.0430. The zero-order valence-electron chi connectivity index (χ0n) is 11.1. The summed E-state index contributed by atoms with van der Waals surface area (Å²) in [6, 6.07) is 5.46. The Morgan fingerprint density at radius 2 is 2.22 bits per heavy atom. The molecule has 1 aromatic rings. The highest BCUT2D eigenvalue weighted by Crippen LogP contribution is 2.32. The van der Waals surface area contributed by atoms with Crippen LogP contribution in [0.2, 0.25) is 0 Å². The molecule has 3 N–H and O–H groups in total. The molecule has 0 unspecified atom stereocenters. The molecule has 2 rings (SSSR count). The molecule has 0 spiro atoms. The number of hydrogen-bond donors (Lipinski definition) is 2. The van der Waals surface area contributed by atoms with Gasteiger partial charge < -0.3 is 16.0 Å². The lowest BCUT2D eigenvalue weighted by Crippen LogP contribution is -2.24. The first kappa shape index (κ1) is 12.7. The molecule has 1 aliphatic carbocycles. The molecule has 0 bridgehead atoms. The van der Waals surface area contributed by atoms with E-state index in [0.29, 0.717) is 12.1 Å². The van der Waals surface area contributed by atoms with Gasteiger partial charge in [-0.25, -0.2) is 0 Å². The highest BCUT2D eigenvalue weighted by molar-refractivity contribution is 5.96. The molecule has 18 heavy (non-hydrogen) atoms. The van der Waals surface area contributed by atoms with Crippen molar-refractivity contribution in [3.05, 3.63) is 23.8 Å². The molecule has 0 radical (unpaired) electrons. The van der Waals surface area contributed by atoms with Crippen molar-refractivity contribution in [2.75, 3.05) is 30.8 Å². The SMILES string of the molecule is CCNC(=O)c1ccc(N)c(N(C)CC2CC2)c1. The highest BCUT2D eigenvalue weighted by Gasteiger charge is 2.23. The summed E-state index contributed by atoms with van der Waals surface area (Å²) in [6.07, 6.45) is 2.61. The fourth-order valence-electron chi connectivity index (χ4n) is 2.06. The van der Waals surface area contributed by atoms with E-state index in [1.165, 1.54) is 12.8 Å². The molecule has 98 valence electrons. The van der Waals surface area contributed by atoms with E-state index in [1.807, 2.05) is 26.1 Å². The summed E-state index contributed by atoms with van der Waals surface area (Å²) < 4.78 is 0. The molecule has 1 fully saturated rings. The largest absolute Gasteiger partial charge is 0.397 e. The fourth-order valence-corrected chi connectivity index (χ4v) is 2.06. The minimum atomic E-state index is -0.0430. The number of nitrogens with zero attached hydrogens (tertiary/aromatic N) is 1. The Morgan fingerprint density at radius 3 is 2.83 bits per heavy atom. The summed E-state index contributed by atoms with van der Waals surface area (Å²) in [7, 11) is 2.03. The third-order valence-electron chi connectivity index (χ3n) is 3.27. The highest BCUT2D eigenvalue weighted by atomic mass is 16.1. The summed E-state index contributed by atoms with van der Waals surface area (Å²) in [5, 5.41) is 2.80. The quantitative estimate of drug-likeness (QED) is 0.781. The Hall–Kier alpha value is -1.71. The van der Waals surface area contributed by atoms with Crippen LogP contribution in [0.5, 0.6) is 0 Å². The number of nitrogens with two attached hydrogens (primary N) is 1. The van der Waals surface area contributed by atoms with Gasteiger partial charge in [-0.3, -0.25) is 4.79 Å². The summed E-state index contributed by atoms with van der Waals surface area (Å²) >= 11 is 0. The zero-order chi connectivity index (χ0) is 13.1. The van der Waals surface area contributed by atoms with Crippen LogP contribution in [0.4, 0.5) is 11.4 Å². The maximum absolute atomic E-state index is 11.8. The van der Waals surface area contributed by atoms with Crippen molar-refractivity contribution in [2.45, 2.75) is 19.8 Å². The van der Waals surface area contributed by atoms with Gasteiger partial charge in [-0.05, 0) is 43.9 Å². The van der Waals surface area contributed by atoms with Gasteiger partial charge in [0.05, 0.1) is 11.4 Å². The van der Waals surface area contributed by atoms with Crippen molar-refractivity contribution in [2.24, 2.45) is 5.92 Å². The van der Waals surface area contributed by atoms with E-state index in [1.54, 1.807) is 6.07 Å². The van der Waals surface area contributed by atoms with Crippen molar-refractivity contribution < 1.29 is 4.79 Å². The average molecular weight is 247 g/mol. The molecule has 0 aliphatic heterocycles. The fraction of sp³-hybridized carbons (Fsp3) is 0.500. The number of carbonyl (C=O) groups is 1. The number of nitrogen functional groups attached to an aromatic ring is 1. The molecule has 1 amide bonds. The summed E-state index contributed by atoms with van der Waals surface area (Å²) in [6.45, 7) is 3.56. The first-order chi connectivity index (χ1) is 8.61. The Kier molecular flexibility index (Phi) is 3.75. The van der Waals surface area contributed by atoms with Crippen LogP contribution in [-0.4, -0.2) is 26.0 Å². The first-order valence-corrected chi connectivity index (χ1v) is 6.50. The van der Waals surface area contributed by atoms with Gasteiger partial charge >= 0.3 is 0 Å². The van der Waals surface area contributed by atoms with Crippen molar-refractivity contribution in [1.82, 2.24) is 5.32 Å². The Bertz CT molecular complexity index is 441. The molecule has 1 aromatic carbocycles. The maximum Gasteiger partial charge on any atom is 0.251 e. The van der Waals surface area contributed by atoms with Crippen molar-refractivity contribution >= 4 is 17.3 Å². The Labute approximate surface area is 108 Å². The third kappa shape index (κ3) is 2.94. The standard InChI is InChI=1S/C14H21N3O/c1-3-16-14(18)11-6-7-12(15)13(8-11)17(2)9-10-4-5-10/h6-8,10H,3-5,9,15H2,1-2H3,(H,16,18). The number of hydrogen-bond acceptors (Lipinski definition) is 3. The summed E-state index contributed by atoms with van der Waals surface area (Å²) in [5.41, 5.74) is 8.33. The van der Waals surface area contributed by atoms with E-state index >= 15 is 0 Å². The molecular weight excluding hydrogens is 226 g/mol. The van der Waals surface area contributed by atoms with Crippen LogP contribution in [0.1, 0.15) is 30.1 Å². The predicted molar refractivity (Wildman–Crippen MR) is 74.9 cm³/mol. The lowest BCUT2D eigenvalue weighted by molar-refractivity contribution is 0.0956. The van der Waals surface area contributed by atoms with E-state index in [-0.39, 0.29) is 5.91 Å². The van der Waals surface area contributed by atoms with Crippen LogP contribution in [0.3, 0.4) is 0 Å². The molecule has 4 nitrogen and oxygen atoms in total. The molecule has 1 saturated carbocycles. The van der Waals surface area contributed by atoms with E-state index in [9.17, 15) is 4.79 Å². The molecule has 0 heterocycles. The number of benzene rings is 1. The molecule has 0 atom stereocenters.